The number of hydrogen-bond acceptors (Lipinski definition) is 4. The second kappa shape index (κ2) is 11.2. The predicted molar refractivity (Wildman–Crippen MR) is 129 cm³/mol. The van der Waals surface area contributed by atoms with Crippen molar-refractivity contribution in [3.8, 4) is 5.75 Å². The Morgan fingerprint density at radius 1 is 1.06 bits per heavy atom. The van der Waals surface area contributed by atoms with Crippen molar-refractivity contribution in [1.82, 2.24) is 10.6 Å². The minimum Gasteiger partial charge on any atom is -0.497 e. The molecule has 7 heteroatoms. The second-order valence-electron chi connectivity index (χ2n) is 7.94. The molecule has 0 unspecified atom stereocenters. The van der Waals surface area contributed by atoms with Crippen LogP contribution in [0.3, 0.4) is 0 Å². The maximum Gasteiger partial charge on any atom is 0.227 e. The third-order valence-electron chi connectivity index (χ3n) is 5.60. The molecule has 0 aliphatic carbocycles. The highest BCUT2D eigenvalue weighted by Gasteiger charge is 2.21. The lowest BCUT2D eigenvalue weighted by Gasteiger charge is -2.16. The molecule has 0 atom stereocenters. The fraction of sp³-hybridized carbons (Fsp3) is 0.308. The van der Waals surface area contributed by atoms with E-state index in [9.17, 15) is 4.79 Å². The number of carbonyl (C=O) groups is 1. The largest absolute Gasteiger partial charge is 0.497 e. The van der Waals surface area contributed by atoms with E-state index in [2.05, 4.69) is 22.8 Å². The summed E-state index contributed by atoms with van der Waals surface area (Å²) in [6.45, 7) is 2.69. The summed E-state index contributed by atoms with van der Waals surface area (Å²) in [5.74, 6) is 2.70. The summed E-state index contributed by atoms with van der Waals surface area (Å²) >= 11 is 0. The van der Waals surface area contributed by atoms with Crippen LogP contribution in [0.25, 0.3) is 0 Å². The molecule has 0 spiro atoms. The maximum atomic E-state index is 12.0. The number of guanidine groups is 1. The van der Waals surface area contributed by atoms with Crippen LogP contribution in [0, 0.1) is 0 Å². The molecular formula is C26H30N4O3. The minimum absolute atomic E-state index is 0.203. The van der Waals surface area contributed by atoms with Crippen LogP contribution < -0.4 is 20.3 Å². The maximum absolute atomic E-state index is 12.0. The molecule has 0 saturated carbocycles. The van der Waals surface area contributed by atoms with Gasteiger partial charge < -0.3 is 24.7 Å². The van der Waals surface area contributed by atoms with Crippen molar-refractivity contribution in [2.75, 3.05) is 25.1 Å². The van der Waals surface area contributed by atoms with Crippen molar-refractivity contribution in [2.45, 2.75) is 32.4 Å². The monoisotopic (exact) mass is 446 g/mol. The van der Waals surface area contributed by atoms with E-state index in [-0.39, 0.29) is 5.91 Å². The number of ether oxygens (including phenoxy) is 1. The quantitative estimate of drug-likeness (QED) is 0.385. The number of rotatable bonds is 9. The highest BCUT2D eigenvalue weighted by Crippen LogP contribution is 2.21. The zero-order valence-corrected chi connectivity index (χ0v) is 18.9. The van der Waals surface area contributed by atoms with Crippen molar-refractivity contribution in [1.29, 1.82) is 0 Å². The normalized spacial score (nSPS) is 13.9. The Kier molecular flexibility index (Phi) is 7.64. The fourth-order valence-corrected chi connectivity index (χ4v) is 3.74. The molecule has 3 aromatic rings. The summed E-state index contributed by atoms with van der Waals surface area (Å²) in [6, 6.07) is 19.9. The Morgan fingerprint density at radius 3 is 2.52 bits per heavy atom. The first-order chi connectivity index (χ1) is 16.2. The standard InChI is InChI=1S/C26H30N4O3/c1-32-23-12-8-21(9-13-23)19-29-26(27-15-14-24-4-3-17-33-24)28-18-20-6-10-22(11-7-20)30-16-2-5-25(30)31/h3-4,6-13,17H,2,5,14-16,18-19H2,1H3,(H2,27,28,29). The third-order valence-corrected chi connectivity index (χ3v) is 5.60. The van der Waals surface area contributed by atoms with Crippen molar-refractivity contribution in [3.63, 3.8) is 0 Å². The number of nitrogens with one attached hydrogen (secondary N) is 2. The van der Waals surface area contributed by atoms with Gasteiger partial charge in [0, 0.05) is 38.2 Å². The van der Waals surface area contributed by atoms with Crippen LogP contribution in [0.4, 0.5) is 5.69 Å². The van der Waals surface area contributed by atoms with Crippen LogP contribution in [0.2, 0.25) is 0 Å². The van der Waals surface area contributed by atoms with Gasteiger partial charge in [-0.15, -0.1) is 0 Å². The molecule has 2 N–H and O–H groups in total. The lowest BCUT2D eigenvalue weighted by Crippen LogP contribution is -2.38. The molecule has 1 saturated heterocycles. The number of furan rings is 1. The molecule has 172 valence electrons. The predicted octanol–water partition coefficient (Wildman–Crippen LogP) is 3.89. The van der Waals surface area contributed by atoms with Gasteiger partial charge in [-0.1, -0.05) is 24.3 Å². The number of carbonyl (C=O) groups excluding carboxylic acids is 1. The van der Waals surface area contributed by atoms with Crippen molar-refractivity contribution in [2.24, 2.45) is 4.99 Å². The Labute approximate surface area is 194 Å². The van der Waals surface area contributed by atoms with Crippen LogP contribution >= 0.6 is 0 Å². The van der Waals surface area contributed by atoms with Crippen LogP contribution in [-0.4, -0.2) is 32.1 Å². The molecule has 1 amide bonds. The molecular weight excluding hydrogens is 416 g/mol. The van der Waals surface area contributed by atoms with Gasteiger partial charge in [0.25, 0.3) is 0 Å². The Bertz CT molecular complexity index is 1040. The number of anilines is 1. The van der Waals surface area contributed by atoms with E-state index in [0.717, 1.165) is 53.7 Å². The van der Waals surface area contributed by atoms with Gasteiger partial charge in [-0.05, 0) is 53.9 Å². The van der Waals surface area contributed by atoms with E-state index in [1.54, 1.807) is 13.4 Å². The van der Waals surface area contributed by atoms with Gasteiger partial charge in [-0.25, -0.2) is 4.99 Å². The highest BCUT2D eigenvalue weighted by molar-refractivity contribution is 5.95. The van der Waals surface area contributed by atoms with Crippen molar-refractivity contribution < 1.29 is 13.9 Å². The summed E-state index contributed by atoms with van der Waals surface area (Å²) in [7, 11) is 1.66. The summed E-state index contributed by atoms with van der Waals surface area (Å²) < 4.78 is 10.6. The smallest absolute Gasteiger partial charge is 0.227 e. The Balaban J connectivity index is 1.36. The average molecular weight is 447 g/mol. The SMILES string of the molecule is COc1ccc(CN=C(NCCc2ccco2)NCc2ccc(N3CCCC3=O)cc2)cc1. The molecule has 2 heterocycles. The lowest BCUT2D eigenvalue weighted by molar-refractivity contribution is -0.117. The second-order valence-corrected chi connectivity index (χ2v) is 7.94. The first-order valence-corrected chi connectivity index (χ1v) is 11.3. The summed E-state index contributed by atoms with van der Waals surface area (Å²) in [4.78, 5) is 18.6. The highest BCUT2D eigenvalue weighted by atomic mass is 16.5. The number of hydrogen-bond donors (Lipinski definition) is 2. The van der Waals surface area contributed by atoms with Gasteiger partial charge >= 0.3 is 0 Å². The molecule has 33 heavy (non-hydrogen) atoms. The van der Waals surface area contributed by atoms with Crippen LogP contribution in [0.15, 0.2) is 76.3 Å². The van der Waals surface area contributed by atoms with Crippen LogP contribution in [0.1, 0.15) is 29.7 Å². The van der Waals surface area contributed by atoms with Gasteiger partial charge in [-0.2, -0.15) is 0 Å². The zero-order valence-electron chi connectivity index (χ0n) is 18.9. The molecule has 0 radical (unpaired) electrons. The van der Waals surface area contributed by atoms with E-state index in [0.29, 0.717) is 26.1 Å². The van der Waals surface area contributed by atoms with Gasteiger partial charge in [-0.3, -0.25) is 4.79 Å². The lowest BCUT2D eigenvalue weighted by atomic mass is 10.2. The summed E-state index contributed by atoms with van der Waals surface area (Å²) in [5, 5.41) is 6.79. The summed E-state index contributed by atoms with van der Waals surface area (Å²) in [6.07, 6.45) is 4.03. The van der Waals surface area contributed by atoms with Gasteiger partial charge in [0.1, 0.15) is 11.5 Å². The Hall–Kier alpha value is -3.74. The topological polar surface area (TPSA) is 79.1 Å². The van der Waals surface area contributed by atoms with E-state index < -0.39 is 0 Å². The first kappa shape index (κ1) is 22.5. The van der Waals surface area contributed by atoms with E-state index in [4.69, 9.17) is 14.1 Å². The third kappa shape index (κ3) is 6.38. The first-order valence-electron chi connectivity index (χ1n) is 11.3. The molecule has 1 aliphatic rings. The van der Waals surface area contributed by atoms with Crippen LogP contribution in [0.5, 0.6) is 5.75 Å². The molecule has 1 aromatic heterocycles. The summed E-state index contributed by atoms with van der Waals surface area (Å²) in [5.41, 5.74) is 3.18. The number of aliphatic imine (C=N–C) groups is 1. The number of methoxy groups -OCH3 is 1. The van der Waals surface area contributed by atoms with Gasteiger partial charge in [0.2, 0.25) is 5.91 Å². The fourth-order valence-electron chi connectivity index (χ4n) is 3.74. The molecule has 7 nitrogen and oxygen atoms in total. The molecule has 1 fully saturated rings. The van der Waals surface area contributed by atoms with Crippen molar-refractivity contribution in [3.05, 3.63) is 83.8 Å². The molecule has 2 aromatic carbocycles. The van der Waals surface area contributed by atoms with Gasteiger partial charge in [0.15, 0.2) is 5.96 Å². The molecule has 1 aliphatic heterocycles. The number of nitrogens with zero attached hydrogens (tertiary/aromatic N) is 2. The zero-order chi connectivity index (χ0) is 22.9. The number of benzene rings is 2. The minimum atomic E-state index is 0.203. The molecule has 0 bridgehead atoms. The van der Waals surface area contributed by atoms with Crippen LogP contribution in [-0.2, 0) is 24.3 Å². The average Bonchev–Trinajstić information content (AvgIpc) is 3.53. The van der Waals surface area contributed by atoms with E-state index >= 15 is 0 Å². The Morgan fingerprint density at radius 2 is 1.85 bits per heavy atom. The van der Waals surface area contributed by atoms with E-state index in [1.165, 1.54) is 0 Å². The van der Waals surface area contributed by atoms with Crippen molar-refractivity contribution >= 4 is 17.6 Å². The number of amides is 1. The van der Waals surface area contributed by atoms with Gasteiger partial charge in [0.05, 0.1) is 19.9 Å². The molecule has 4 rings (SSSR count). The van der Waals surface area contributed by atoms with E-state index in [1.807, 2.05) is 53.4 Å².